The van der Waals surface area contributed by atoms with Crippen molar-refractivity contribution in [3.8, 4) is 5.75 Å². The van der Waals surface area contributed by atoms with Gasteiger partial charge in [-0.1, -0.05) is 13.0 Å². The first kappa shape index (κ1) is 17.8. The van der Waals surface area contributed by atoms with Crippen LogP contribution < -0.4 is 10.1 Å². The maximum atomic E-state index is 12.2. The summed E-state index contributed by atoms with van der Waals surface area (Å²) >= 11 is 0. The summed E-state index contributed by atoms with van der Waals surface area (Å²) in [7, 11) is 5.59. The average molecular weight is 318 g/mol. The van der Waals surface area contributed by atoms with Crippen LogP contribution in [0.2, 0.25) is 0 Å². The maximum Gasteiger partial charge on any atom is 0.220 e. The molecule has 128 valence electrons. The number of nitrogens with zero attached hydrogens (tertiary/aromatic N) is 1. The minimum atomic E-state index is -0.105. The van der Waals surface area contributed by atoms with Gasteiger partial charge in [0.15, 0.2) is 0 Å². The summed E-state index contributed by atoms with van der Waals surface area (Å²) in [5.41, 5.74) is 2.51. The molecule has 0 aromatic heterocycles. The third kappa shape index (κ3) is 3.69. The van der Waals surface area contributed by atoms with Crippen molar-refractivity contribution in [3.05, 3.63) is 29.3 Å². The normalized spacial score (nSPS) is 25.2. The molecule has 4 heteroatoms. The van der Waals surface area contributed by atoms with Crippen molar-refractivity contribution in [2.24, 2.45) is 0 Å². The predicted octanol–water partition coefficient (Wildman–Crippen LogP) is 2.75. The number of ether oxygens (including phenoxy) is 1. The zero-order valence-electron chi connectivity index (χ0n) is 15.1. The molecule has 0 radical (unpaired) electrons. The van der Waals surface area contributed by atoms with Gasteiger partial charge in [-0.2, -0.15) is 0 Å². The standard InChI is InChI=1S/C19H30N2O2/c1-6-15-7-8-16(23-5)11-17(15)19(13-18(22)20-3)9-10-21(4)14(2)12-19/h7-8,11,14H,6,9-10,12-13H2,1-5H3,(H,20,22)/t14?,19-/m1/s1. The number of amides is 1. The molecule has 2 atom stereocenters. The Morgan fingerprint density at radius 2 is 2.22 bits per heavy atom. The summed E-state index contributed by atoms with van der Waals surface area (Å²) in [6, 6.07) is 6.79. The van der Waals surface area contributed by atoms with Gasteiger partial charge in [0.25, 0.3) is 0 Å². The highest BCUT2D eigenvalue weighted by atomic mass is 16.5. The summed E-state index contributed by atoms with van der Waals surface area (Å²) in [5, 5.41) is 2.82. The van der Waals surface area contributed by atoms with E-state index in [2.05, 4.69) is 43.2 Å². The van der Waals surface area contributed by atoms with Crippen LogP contribution in [0.3, 0.4) is 0 Å². The molecule has 1 heterocycles. The fourth-order valence-electron chi connectivity index (χ4n) is 3.81. The molecule has 0 spiro atoms. The molecule has 1 saturated heterocycles. The van der Waals surface area contributed by atoms with Crippen molar-refractivity contribution >= 4 is 5.91 Å². The zero-order valence-corrected chi connectivity index (χ0v) is 15.1. The highest BCUT2D eigenvalue weighted by molar-refractivity contribution is 5.77. The first-order chi connectivity index (χ1) is 11.0. The number of methoxy groups -OCH3 is 1. The number of carbonyl (C=O) groups is 1. The molecule has 4 nitrogen and oxygen atoms in total. The number of aryl methyl sites for hydroxylation is 1. The third-order valence-corrected chi connectivity index (χ3v) is 5.43. The Labute approximate surface area is 140 Å². The van der Waals surface area contributed by atoms with Gasteiger partial charge >= 0.3 is 0 Å². The summed E-state index contributed by atoms with van der Waals surface area (Å²) < 4.78 is 5.46. The number of rotatable bonds is 5. The van der Waals surface area contributed by atoms with Crippen molar-refractivity contribution in [1.82, 2.24) is 10.2 Å². The number of nitrogens with one attached hydrogen (secondary N) is 1. The monoisotopic (exact) mass is 318 g/mol. The summed E-state index contributed by atoms with van der Waals surface area (Å²) in [6.07, 6.45) is 3.51. The van der Waals surface area contributed by atoms with Gasteiger partial charge < -0.3 is 15.0 Å². The van der Waals surface area contributed by atoms with Gasteiger partial charge in [0.2, 0.25) is 5.91 Å². The molecule has 2 rings (SSSR count). The Morgan fingerprint density at radius 1 is 1.48 bits per heavy atom. The largest absolute Gasteiger partial charge is 0.497 e. The fourth-order valence-corrected chi connectivity index (χ4v) is 3.81. The number of carbonyl (C=O) groups excluding carboxylic acids is 1. The van der Waals surface area contributed by atoms with Gasteiger partial charge in [-0.25, -0.2) is 0 Å². The minimum Gasteiger partial charge on any atom is -0.497 e. The molecule has 0 bridgehead atoms. The molecule has 1 aliphatic heterocycles. The molecule has 0 aliphatic carbocycles. The van der Waals surface area contributed by atoms with E-state index >= 15 is 0 Å². The van der Waals surface area contributed by atoms with E-state index in [0.717, 1.165) is 31.6 Å². The summed E-state index contributed by atoms with van der Waals surface area (Å²) in [4.78, 5) is 14.6. The van der Waals surface area contributed by atoms with Crippen LogP contribution >= 0.6 is 0 Å². The molecule has 23 heavy (non-hydrogen) atoms. The molecule has 1 unspecified atom stereocenters. The van der Waals surface area contributed by atoms with E-state index in [0.29, 0.717) is 12.5 Å². The van der Waals surface area contributed by atoms with Crippen molar-refractivity contribution in [1.29, 1.82) is 0 Å². The first-order valence-electron chi connectivity index (χ1n) is 8.54. The van der Waals surface area contributed by atoms with Crippen LogP contribution in [-0.4, -0.2) is 44.6 Å². The van der Waals surface area contributed by atoms with Gasteiger partial charge in [-0.15, -0.1) is 0 Å². The Balaban J connectivity index is 2.51. The summed E-state index contributed by atoms with van der Waals surface area (Å²) in [6.45, 7) is 5.44. The molecular weight excluding hydrogens is 288 g/mol. The highest BCUT2D eigenvalue weighted by Gasteiger charge is 2.41. The topological polar surface area (TPSA) is 41.6 Å². The van der Waals surface area contributed by atoms with Crippen molar-refractivity contribution < 1.29 is 9.53 Å². The lowest BCUT2D eigenvalue weighted by atomic mass is 9.66. The van der Waals surface area contributed by atoms with Crippen molar-refractivity contribution in [3.63, 3.8) is 0 Å². The van der Waals surface area contributed by atoms with Gasteiger partial charge in [-0.05, 0) is 63.0 Å². The molecule has 1 aromatic rings. The van der Waals surface area contributed by atoms with Gasteiger partial charge in [-0.3, -0.25) is 4.79 Å². The number of hydrogen-bond donors (Lipinski definition) is 1. The number of likely N-dealkylation sites (tertiary alicyclic amines) is 1. The van der Waals surface area contributed by atoms with Gasteiger partial charge in [0.1, 0.15) is 5.75 Å². The zero-order chi connectivity index (χ0) is 17.0. The van der Waals surface area contributed by atoms with E-state index in [4.69, 9.17) is 4.74 Å². The van der Waals surface area contributed by atoms with Crippen LogP contribution in [0, 0.1) is 0 Å². The smallest absolute Gasteiger partial charge is 0.220 e. The second-order valence-electron chi connectivity index (χ2n) is 6.79. The van der Waals surface area contributed by atoms with E-state index in [1.807, 2.05) is 6.07 Å². The maximum absolute atomic E-state index is 12.2. The van der Waals surface area contributed by atoms with Gasteiger partial charge in [0, 0.05) is 24.9 Å². The lowest BCUT2D eigenvalue weighted by molar-refractivity contribution is -0.122. The molecule has 0 saturated carbocycles. The second kappa shape index (κ2) is 7.35. The molecule has 1 N–H and O–H groups in total. The molecule has 1 fully saturated rings. The molecule has 1 aliphatic rings. The first-order valence-corrected chi connectivity index (χ1v) is 8.54. The van der Waals surface area contributed by atoms with Gasteiger partial charge in [0.05, 0.1) is 7.11 Å². The second-order valence-corrected chi connectivity index (χ2v) is 6.79. The SMILES string of the molecule is CCc1ccc(OC)cc1[C@]1(CC(=O)NC)CCN(C)C(C)C1. The molecular formula is C19H30N2O2. The third-order valence-electron chi connectivity index (χ3n) is 5.43. The van der Waals surface area contributed by atoms with Crippen LogP contribution in [0.5, 0.6) is 5.75 Å². The molecule has 1 aromatic carbocycles. The van der Waals surface area contributed by atoms with Crippen molar-refractivity contribution in [2.75, 3.05) is 27.7 Å². The number of piperidine rings is 1. The van der Waals surface area contributed by atoms with E-state index in [1.54, 1.807) is 14.2 Å². The Kier molecular flexibility index (Phi) is 5.69. The average Bonchev–Trinajstić information content (AvgIpc) is 2.57. The predicted molar refractivity (Wildman–Crippen MR) is 94.1 cm³/mol. The van der Waals surface area contributed by atoms with Crippen LogP contribution in [0.4, 0.5) is 0 Å². The van der Waals surface area contributed by atoms with E-state index in [-0.39, 0.29) is 11.3 Å². The minimum absolute atomic E-state index is 0.105. The Hall–Kier alpha value is -1.55. The Bertz CT molecular complexity index is 558. The van der Waals surface area contributed by atoms with Crippen LogP contribution in [0.1, 0.15) is 44.2 Å². The molecule has 1 amide bonds. The number of benzene rings is 1. The lowest BCUT2D eigenvalue weighted by Gasteiger charge is -2.45. The highest BCUT2D eigenvalue weighted by Crippen LogP contribution is 2.43. The van der Waals surface area contributed by atoms with Crippen molar-refractivity contribution in [2.45, 2.75) is 51.0 Å². The van der Waals surface area contributed by atoms with Crippen LogP contribution in [0.15, 0.2) is 18.2 Å². The van der Waals surface area contributed by atoms with E-state index < -0.39 is 0 Å². The quantitative estimate of drug-likeness (QED) is 0.907. The Morgan fingerprint density at radius 3 is 2.78 bits per heavy atom. The fraction of sp³-hybridized carbons (Fsp3) is 0.632. The van der Waals surface area contributed by atoms with Crippen LogP contribution in [0.25, 0.3) is 0 Å². The van der Waals surface area contributed by atoms with E-state index in [9.17, 15) is 4.79 Å². The lowest BCUT2D eigenvalue weighted by Crippen LogP contribution is -2.48. The summed E-state index contributed by atoms with van der Waals surface area (Å²) in [5.74, 6) is 0.992. The van der Waals surface area contributed by atoms with Crippen LogP contribution in [-0.2, 0) is 16.6 Å². The number of hydrogen-bond acceptors (Lipinski definition) is 3. The van der Waals surface area contributed by atoms with E-state index in [1.165, 1.54) is 11.1 Å².